The van der Waals surface area contributed by atoms with Gasteiger partial charge in [0.25, 0.3) is 10.0 Å². The van der Waals surface area contributed by atoms with E-state index >= 15 is 0 Å². The molecule has 53 heavy (non-hydrogen) atoms. The maximum Gasteiger partial charge on any atom is 0.434 e. The van der Waals surface area contributed by atoms with Crippen LogP contribution in [-0.4, -0.2) is 64.5 Å². The van der Waals surface area contributed by atoms with Crippen LogP contribution in [0.15, 0.2) is 45.8 Å². The summed E-state index contributed by atoms with van der Waals surface area (Å²) in [6.45, 7) is 4.73. The summed E-state index contributed by atoms with van der Waals surface area (Å²) >= 11 is 8.67. The van der Waals surface area contributed by atoms with Crippen LogP contribution < -0.4 is 14.8 Å². The van der Waals surface area contributed by atoms with Gasteiger partial charge in [0, 0.05) is 19.0 Å². The molecule has 0 aliphatic heterocycles. The number of esters is 1. The minimum Gasteiger partial charge on any atom is -0.467 e. The zero-order chi connectivity index (χ0) is 40.1. The van der Waals surface area contributed by atoms with E-state index in [0.29, 0.717) is 4.68 Å². The van der Waals surface area contributed by atoms with Crippen molar-refractivity contribution in [2.24, 2.45) is 7.05 Å². The van der Waals surface area contributed by atoms with E-state index in [-0.39, 0.29) is 45.2 Å². The lowest BCUT2D eigenvalue weighted by atomic mass is 10.1. The van der Waals surface area contributed by atoms with Crippen LogP contribution in [0.3, 0.4) is 0 Å². The van der Waals surface area contributed by atoms with Crippen molar-refractivity contribution < 1.29 is 58.2 Å². The average molecular weight is 863 g/mol. The minimum atomic E-state index is -4.69. The molecule has 0 bridgehead atoms. The monoisotopic (exact) mass is 861 g/mol. The van der Waals surface area contributed by atoms with E-state index in [4.69, 9.17) is 21.1 Å². The fourth-order valence-corrected chi connectivity index (χ4v) is 6.48. The Hall–Kier alpha value is -4.57. The first kappa shape index (κ1) is 42.8. The zero-order valence-corrected chi connectivity index (χ0v) is 31.1. The van der Waals surface area contributed by atoms with Gasteiger partial charge in [-0.25, -0.2) is 27.1 Å². The summed E-state index contributed by atoms with van der Waals surface area (Å²) in [6, 6.07) is 5.67. The van der Waals surface area contributed by atoms with E-state index in [1.54, 1.807) is 18.6 Å². The number of aryl methyl sites for hydroxylation is 3. The summed E-state index contributed by atoms with van der Waals surface area (Å²) in [5.41, 5.74) is -1.93. The van der Waals surface area contributed by atoms with Crippen LogP contribution in [0, 0.1) is 12.7 Å². The maximum absolute atomic E-state index is 14.3. The van der Waals surface area contributed by atoms with Crippen molar-refractivity contribution in [3.8, 4) is 17.3 Å². The van der Waals surface area contributed by atoms with Crippen LogP contribution in [-0.2, 0) is 34.4 Å². The summed E-state index contributed by atoms with van der Waals surface area (Å²) in [4.78, 5) is 35.0. The highest BCUT2D eigenvalue weighted by atomic mass is 79.9. The topological polar surface area (TPSA) is 167 Å². The third-order valence-corrected chi connectivity index (χ3v) is 8.93. The van der Waals surface area contributed by atoms with Gasteiger partial charge in [0.2, 0.25) is 5.95 Å². The highest BCUT2D eigenvalue weighted by Gasteiger charge is 2.39. The van der Waals surface area contributed by atoms with Crippen LogP contribution in [0.2, 0.25) is 5.02 Å². The second kappa shape index (κ2) is 17.1. The molecule has 0 aliphatic rings. The van der Waals surface area contributed by atoms with Crippen LogP contribution in [0.4, 0.5) is 41.5 Å². The fourth-order valence-electron chi connectivity index (χ4n) is 4.30. The molecular formula is C30H28BrClF7N7O6S. The highest BCUT2D eigenvalue weighted by Crippen LogP contribution is 2.41. The molecular weight excluding hydrogens is 835 g/mol. The Morgan fingerprint density at radius 2 is 1.70 bits per heavy atom. The largest absolute Gasteiger partial charge is 0.467 e. The number of benzene rings is 2. The number of carbonyl (C=O) groups excluding carboxylic acids is 2. The number of methoxy groups -OCH3 is 1. The molecule has 0 aliphatic carbocycles. The van der Waals surface area contributed by atoms with Crippen LogP contribution in [0.1, 0.15) is 47.7 Å². The third kappa shape index (κ3) is 11.7. The molecule has 2 amide bonds. The van der Waals surface area contributed by atoms with Gasteiger partial charge in [-0.15, -0.1) is 0 Å². The van der Waals surface area contributed by atoms with Crippen LogP contribution in [0.5, 0.6) is 6.01 Å². The Balaban J connectivity index is 0.000000287. The second-order valence-electron chi connectivity index (χ2n) is 10.9. The highest BCUT2D eigenvalue weighted by molar-refractivity contribution is 9.10. The molecule has 288 valence electrons. The van der Waals surface area contributed by atoms with Gasteiger partial charge in [0.15, 0.2) is 5.69 Å². The SMILES string of the molecule is CC(C)OC(=O)c1cc(-c2nn(C)c(C(F)(F)F)c2Br)c(F)cc1Cl.COc1nc(C)nc(NC(=O)NS(=O)(=O)c2ccccc2CCC(F)(F)F)n1. The lowest BCUT2D eigenvalue weighted by molar-refractivity contribution is -0.144. The van der Waals surface area contributed by atoms with Gasteiger partial charge in [-0.05, 0) is 66.9 Å². The number of alkyl halides is 6. The number of aromatic nitrogens is 5. The van der Waals surface area contributed by atoms with E-state index < -0.39 is 74.2 Å². The molecule has 2 aromatic heterocycles. The Labute approximate surface area is 310 Å². The smallest absolute Gasteiger partial charge is 0.434 e. The van der Waals surface area contributed by atoms with Gasteiger partial charge in [0.05, 0.1) is 33.2 Å². The van der Waals surface area contributed by atoms with Crippen LogP contribution >= 0.6 is 27.5 Å². The summed E-state index contributed by atoms with van der Waals surface area (Å²) < 4.78 is 127. The van der Waals surface area contributed by atoms with Crippen molar-refractivity contribution in [3.63, 3.8) is 0 Å². The lowest BCUT2D eigenvalue weighted by Crippen LogP contribution is -2.35. The molecule has 4 aromatic rings. The first-order valence-electron chi connectivity index (χ1n) is 14.7. The first-order chi connectivity index (χ1) is 24.4. The van der Waals surface area contributed by atoms with Gasteiger partial charge in [0.1, 0.15) is 17.3 Å². The molecule has 4 rings (SSSR count). The number of nitrogens with one attached hydrogen (secondary N) is 2. The van der Waals surface area contributed by atoms with E-state index in [0.717, 1.165) is 25.2 Å². The predicted octanol–water partition coefficient (Wildman–Crippen LogP) is 7.42. The number of halogens is 9. The van der Waals surface area contributed by atoms with E-state index in [1.807, 2.05) is 0 Å². The Morgan fingerprint density at radius 3 is 2.26 bits per heavy atom. The molecule has 0 fully saturated rings. The Bertz CT molecular complexity index is 2100. The molecule has 0 saturated heterocycles. The van der Waals surface area contributed by atoms with Gasteiger partial charge >= 0.3 is 30.4 Å². The summed E-state index contributed by atoms with van der Waals surface area (Å²) in [5, 5.41) is 5.61. The van der Waals surface area contributed by atoms with Crippen molar-refractivity contribution >= 4 is 55.5 Å². The number of ether oxygens (including phenoxy) is 2. The van der Waals surface area contributed by atoms with E-state index in [1.165, 1.54) is 32.2 Å². The van der Waals surface area contributed by atoms with Crippen molar-refractivity contribution in [2.45, 2.75) is 57.0 Å². The van der Waals surface area contributed by atoms with Gasteiger partial charge in [-0.2, -0.15) is 46.4 Å². The third-order valence-electron chi connectivity index (χ3n) is 6.43. The number of anilines is 1. The molecule has 0 atom stereocenters. The molecule has 2 aromatic carbocycles. The number of amides is 2. The standard InChI is InChI=1S/C15H12BrClF4N2O2.C15H16F3N5O4S/c1-6(2)25-14(24)7-4-8(10(18)5-9(7)17)12-11(16)13(15(19,20)21)23(3)22-12;1-9-19-12(22-14(20-9)27-2)21-13(24)23-28(25,26)11-6-4-3-5-10(11)7-8-15(16,17)18/h4-6H,1-3H3;3-6H,7-8H2,1-2H3,(H2,19,20,21,22,23,24). The van der Waals surface area contributed by atoms with Gasteiger partial charge < -0.3 is 9.47 Å². The molecule has 23 heteroatoms. The quantitative estimate of drug-likeness (QED) is 0.128. The zero-order valence-electron chi connectivity index (χ0n) is 28.0. The molecule has 13 nitrogen and oxygen atoms in total. The number of urea groups is 1. The van der Waals surface area contributed by atoms with Crippen molar-refractivity contribution in [1.29, 1.82) is 0 Å². The summed E-state index contributed by atoms with van der Waals surface area (Å²) in [7, 11) is -2.06. The van der Waals surface area contributed by atoms with Crippen molar-refractivity contribution in [2.75, 3.05) is 12.4 Å². The Kier molecular flexibility index (Phi) is 13.8. The minimum absolute atomic E-state index is 0.0715. The molecule has 0 radical (unpaired) electrons. The molecule has 0 spiro atoms. The number of rotatable bonds is 9. The summed E-state index contributed by atoms with van der Waals surface area (Å²) in [5.74, 6) is -1.78. The predicted molar refractivity (Wildman–Crippen MR) is 178 cm³/mol. The molecule has 0 saturated carbocycles. The first-order valence-corrected chi connectivity index (χ1v) is 17.3. The number of carbonyl (C=O) groups is 2. The average Bonchev–Trinajstić information content (AvgIpc) is 3.32. The van der Waals surface area contributed by atoms with E-state index in [2.05, 4.69) is 41.3 Å². The normalized spacial score (nSPS) is 11.8. The van der Waals surface area contributed by atoms with E-state index in [9.17, 15) is 48.7 Å². The second-order valence-corrected chi connectivity index (χ2v) is 13.7. The van der Waals surface area contributed by atoms with Crippen LogP contribution in [0.25, 0.3) is 11.3 Å². The molecule has 2 N–H and O–H groups in total. The number of hydrogen-bond donors (Lipinski definition) is 2. The van der Waals surface area contributed by atoms with Gasteiger partial charge in [-0.3, -0.25) is 10.00 Å². The number of nitrogens with zero attached hydrogens (tertiary/aromatic N) is 5. The van der Waals surface area contributed by atoms with Crippen molar-refractivity contribution in [3.05, 3.63) is 74.4 Å². The molecule has 2 heterocycles. The number of hydrogen-bond acceptors (Lipinski definition) is 10. The Morgan fingerprint density at radius 1 is 1.06 bits per heavy atom. The lowest BCUT2D eigenvalue weighted by Gasteiger charge is -2.13. The molecule has 0 unspecified atom stereocenters. The number of sulfonamides is 1. The van der Waals surface area contributed by atoms with Gasteiger partial charge in [-0.1, -0.05) is 29.8 Å². The maximum atomic E-state index is 14.3. The summed E-state index contributed by atoms with van der Waals surface area (Å²) in [6.07, 6.45) is -11.3. The fraction of sp³-hybridized carbons (Fsp3) is 0.333. The van der Waals surface area contributed by atoms with Crippen molar-refractivity contribution in [1.82, 2.24) is 29.5 Å².